The van der Waals surface area contributed by atoms with Gasteiger partial charge in [0, 0.05) is 23.3 Å². The standard InChI is InChI=1S/C16H10N4O2S/c21-20(22)13-8-4-7-12(9-13)15-18-19-10-14(17-16(19)23-15)11-5-2-1-3-6-11/h1-10H. The first kappa shape index (κ1) is 13.6. The minimum atomic E-state index is -0.407. The molecule has 0 unspecified atom stereocenters. The number of nitro benzene ring substituents is 1. The van der Waals surface area contributed by atoms with Crippen molar-refractivity contribution in [2.24, 2.45) is 0 Å². The van der Waals surface area contributed by atoms with Crippen LogP contribution in [0.15, 0.2) is 60.8 Å². The Labute approximate surface area is 134 Å². The molecule has 0 saturated carbocycles. The molecule has 0 spiro atoms. The van der Waals surface area contributed by atoms with Crippen LogP contribution in [0.25, 0.3) is 26.8 Å². The summed E-state index contributed by atoms with van der Waals surface area (Å²) in [4.78, 5) is 15.8. The monoisotopic (exact) mass is 322 g/mol. The molecule has 2 aromatic carbocycles. The van der Waals surface area contributed by atoms with Gasteiger partial charge in [0.2, 0.25) is 4.96 Å². The molecule has 0 amide bonds. The molecule has 0 atom stereocenters. The van der Waals surface area contributed by atoms with Crippen LogP contribution in [0.2, 0.25) is 0 Å². The molecule has 0 saturated heterocycles. The molecule has 0 aliphatic heterocycles. The summed E-state index contributed by atoms with van der Waals surface area (Å²) in [6, 6.07) is 16.3. The van der Waals surface area contributed by atoms with Crippen molar-refractivity contribution in [1.82, 2.24) is 14.6 Å². The van der Waals surface area contributed by atoms with E-state index < -0.39 is 4.92 Å². The van der Waals surface area contributed by atoms with Crippen LogP contribution in [0, 0.1) is 10.1 Å². The van der Waals surface area contributed by atoms with Crippen molar-refractivity contribution in [3.8, 4) is 21.8 Å². The van der Waals surface area contributed by atoms with Crippen molar-refractivity contribution in [1.29, 1.82) is 0 Å². The van der Waals surface area contributed by atoms with Gasteiger partial charge in [0.1, 0.15) is 5.01 Å². The molecule has 2 aromatic heterocycles. The third-order valence-corrected chi connectivity index (χ3v) is 4.39. The SMILES string of the molecule is O=[N+]([O-])c1cccc(-c2nn3cc(-c4ccccc4)nc3s2)c1. The molecule has 6 nitrogen and oxygen atoms in total. The third-order valence-electron chi connectivity index (χ3n) is 3.42. The van der Waals surface area contributed by atoms with Crippen molar-refractivity contribution < 1.29 is 4.92 Å². The highest BCUT2D eigenvalue weighted by molar-refractivity contribution is 7.19. The van der Waals surface area contributed by atoms with Gasteiger partial charge in [-0.3, -0.25) is 10.1 Å². The fourth-order valence-corrected chi connectivity index (χ4v) is 3.19. The second-order valence-electron chi connectivity index (χ2n) is 4.93. The van der Waals surface area contributed by atoms with Gasteiger partial charge in [0.05, 0.1) is 16.8 Å². The lowest BCUT2D eigenvalue weighted by atomic mass is 10.2. The van der Waals surface area contributed by atoms with E-state index >= 15 is 0 Å². The number of nitrogens with zero attached hydrogens (tertiary/aromatic N) is 4. The van der Waals surface area contributed by atoms with E-state index in [4.69, 9.17) is 0 Å². The predicted molar refractivity (Wildman–Crippen MR) is 88.4 cm³/mol. The number of non-ortho nitro benzene ring substituents is 1. The summed E-state index contributed by atoms with van der Waals surface area (Å²) in [5.41, 5.74) is 2.66. The van der Waals surface area contributed by atoms with Crippen molar-refractivity contribution in [2.45, 2.75) is 0 Å². The maximum absolute atomic E-state index is 10.9. The number of nitro groups is 1. The number of hydrogen-bond acceptors (Lipinski definition) is 5. The largest absolute Gasteiger partial charge is 0.270 e. The van der Waals surface area contributed by atoms with E-state index in [-0.39, 0.29) is 5.69 Å². The number of aromatic nitrogens is 3. The van der Waals surface area contributed by atoms with Crippen molar-refractivity contribution in [3.05, 3.63) is 70.9 Å². The third kappa shape index (κ3) is 2.47. The molecule has 0 aliphatic carbocycles. The molecule has 0 aliphatic rings. The quantitative estimate of drug-likeness (QED) is 0.421. The fraction of sp³-hybridized carbons (Fsp3) is 0. The molecule has 7 heteroatoms. The molecule has 4 rings (SSSR count). The molecule has 112 valence electrons. The topological polar surface area (TPSA) is 73.3 Å². The van der Waals surface area contributed by atoms with Gasteiger partial charge in [-0.1, -0.05) is 53.8 Å². The highest BCUT2D eigenvalue weighted by Gasteiger charge is 2.13. The van der Waals surface area contributed by atoms with E-state index in [9.17, 15) is 10.1 Å². The number of fused-ring (bicyclic) bond motifs is 1. The van der Waals surface area contributed by atoms with Crippen LogP contribution in [0.1, 0.15) is 0 Å². The Bertz CT molecular complexity index is 976. The van der Waals surface area contributed by atoms with Crippen molar-refractivity contribution >= 4 is 22.0 Å². The number of imidazole rings is 1. The summed E-state index contributed by atoms with van der Waals surface area (Å²) >= 11 is 1.40. The smallest absolute Gasteiger partial charge is 0.258 e. The molecule has 0 fully saturated rings. The van der Waals surface area contributed by atoms with Crippen LogP contribution in [0.4, 0.5) is 5.69 Å². The second kappa shape index (κ2) is 5.29. The maximum atomic E-state index is 10.9. The van der Waals surface area contributed by atoms with Crippen LogP contribution in [-0.4, -0.2) is 19.5 Å². The summed E-state index contributed by atoms with van der Waals surface area (Å²) in [5, 5.41) is 16.1. The van der Waals surface area contributed by atoms with Crippen LogP contribution in [0.5, 0.6) is 0 Å². The van der Waals surface area contributed by atoms with E-state index in [1.54, 1.807) is 10.6 Å². The molecule has 2 heterocycles. The zero-order chi connectivity index (χ0) is 15.8. The molecular weight excluding hydrogens is 312 g/mol. The predicted octanol–water partition coefficient (Wildman–Crippen LogP) is 4.03. The maximum Gasteiger partial charge on any atom is 0.270 e. The Morgan fingerprint density at radius 3 is 2.57 bits per heavy atom. The Morgan fingerprint density at radius 1 is 1.04 bits per heavy atom. The zero-order valence-corrected chi connectivity index (χ0v) is 12.6. The Kier molecular flexibility index (Phi) is 3.13. The lowest BCUT2D eigenvalue weighted by Crippen LogP contribution is -1.88. The van der Waals surface area contributed by atoms with Gasteiger partial charge in [-0.2, -0.15) is 5.10 Å². The number of rotatable bonds is 3. The molecule has 0 bridgehead atoms. The highest BCUT2D eigenvalue weighted by atomic mass is 32.1. The Hall–Kier alpha value is -3.06. The Balaban J connectivity index is 1.75. The summed E-state index contributed by atoms with van der Waals surface area (Å²) < 4.78 is 1.71. The molecule has 23 heavy (non-hydrogen) atoms. The molecule has 0 radical (unpaired) electrons. The van der Waals surface area contributed by atoms with Gasteiger partial charge in [0.25, 0.3) is 5.69 Å². The van der Waals surface area contributed by atoms with Crippen LogP contribution >= 0.6 is 11.3 Å². The van der Waals surface area contributed by atoms with E-state index in [2.05, 4.69) is 10.1 Å². The van der Waals surface area contributed by atoms with Crippen molar-refractivity contribution in [2.75, 3.05) is 0 Å². The van der Waals surface area contributed by atoms with Gasteiger partial charge < -0.3 is 0 Å². The number of hydrogen-bond donors (Lipinski definition) is 0. The van der Waals surface area contributed by atoms with E-state index in [0.717, 1.165) is 21.8 Å². The highest BCUT2D eigenvalue weighted by Crippen LogP contribution is 2.29. The Morgan fingerprint density at radius 2 is 1.83 bits per heavy atom. The lowest BCUT2D eigenvalue weighted by Gasteiger charge is -1.96. The van der Waals surface area contributed by atoms with Crippen LogP contribution < -0.4 is 0 Å². The van der Waals surface area contributed by atoms with Gasteiger partial charge in [-0.25, -0.2) is 9.50 Å². The summed E-state index contributed by atoms with van der Waals surface area (Å²) in [6.07, 6.45) is 1.86. The van der Waals surface area contributed by atoms with E-state index in [1.165, 1.54) is 23.5 Å². The van der Waals surface area contributed by atoms with Crippen LogP contribution in [0.3, 0.4) is 0 Å². The second-order valence-corrected chi connectivity index (χ2v) is 5.89. The average Bonchev–Trinajstić information content (AvgIpc) is 3.14. The first-order valence-electron chi connectivity index (χ1n) is 6.87. The molecule has 4 aromatic rings. The number of benzene rings is 2. The summed E-state index contributed by atoms with van der Waals surface area (Å²) in [5.74, 6) is 0. The van der Waals surface area contributed by atoms with Crippen LogP contribution in [-0.2, 0) is 0 Å². The van der Waals surface area contributed by atoms with Gasteiger partial charge >= 0.3 is 0 Å². The minimum Gasteiger partial charge on any atom is -0.258 e. The fourth-order valence-electron chi connectivity index (χ4n) is 2.32. The first-order chi connectivity index (χ1) is 11.2. The molecule has 0 N–H and O–H groups in total. The first-order valence-corrected chi connectivity index (χ1v) is 7.69. The lowest BCUT2D eigenvalue weighted by molar-refractivity contribution is -0.384. The van der Waals surface area contributed by atoms with E-state index in [0.29, 0.717) is 5.01 Å². The van der Waals surface area contributed by atoms with E-state index in [1.807, 2.05) is 42.6 Å². The normalized spacial score (nSPS) is 11.0. The summed E-state index contributed by atoms with van der Waals surface area (Å²) in [6.45, 7) is 0. The summed E-state index contributed by atoms with van der Waals surface area (Å²) in [7, 11) is 0. The zero-order valence-electron chi connectivity index (χ0n) is 11.8. The van der Waals surface area contributed by atoms with Gasteiger partial charge in [-0.05, 0) is 0 Å². The van der Waals surface area contributed by atoms with Crippen molar-refractivity contribution in [3.63, 3.8) is 0 Å². The van der Waals surface area contributed by atoms with Gasteiger partial charge in [0.15, 0.2) is 0 Å². The average molecular weight is 322 g/mol. The molecular formula is C16H10N4O2S. The van der Waals surface area contributed by atoms with Gasteiger partial charge in [-0.15, -0.1) is 0 Å². The minimum absolute atomic E-state index is 0.0558.